The first-order valence-corrected chi connectivity index (χ1v) is 5.87. The fraction of sp³-hybridized carbons (Fsp3) is 0.385. The molecule has 0 heterocycles. The Kier molecular flexibility index (Phi) is 3.92. The van der Waals surface area contributed by atoms with Crippen molar-refractivity contribution < 1.29 is 18.7 Å². The van der Waals surface area contributed by atoms with Gasteiger partial charge >= 0.3 is 5.97 Å². The molecule has 4 nitrogen and oxygen atoms in total. The predicted octanol–water partition coefficient (Wildman–Crippen LogP) is 2.11. The van der Waals surface area contributed by atoms with E-state index in [2.05, 4.69) is 5.32 Å². The van der Waals surface area contributed by atoms with Crippen molar-refractivity contribution >= 4 is 17.6 Å². The molecule has 0 spiro atoms. The smallest absolute Gasteiger partial charge is 0.309 e. The summed E-state index contributed by atoms with van der Waals surface area (Å²) < 4.78 is 17.7. The summed E-state index contributed by atoms with van der Waals surface area (Å²) in [6.07, 6.45) is 2.71. The van der Waals surface area contributed by atoms with E-state index in [1.807, 2.05) is 0 Å². The van der Waals surface area contributed by atoms with Gasteiger partial charge in [-0.15, -0.1) is 0 Å². The highest BCUT2D eigenvalue weighted by atomic mass is 19.1. The minimum atomic E-state index is -0.465. The Morgan fingerprint density at radius 3 is 2.78 bits per heavy atom. The molecule has 1 aliphatic rings. The first-order valence-electron chi connectivity index (χ1n) is 5.87. The van der Waals surface area contributed by atoms with Gasteiger partial charge in [-0.3, -0.25) is 9.59 Å². The Balaban J connectivity index is 1.76. The number of amides is 1. The van der Waals surface area contributed by atoms with Gasteiger partial charge in [0.15, 0.2) is 6.61 Å². The zero-order chi connectivity index (χ0) is 13.0. The van der Waals surface area contributed by atoms with Gasteiger partial charge in [-0.1, -0.05) is 12.5 Å². The van der Waals surface area contributed by atoms with Gasteiger partial charge in [-0.2, -0.15) is 0 Å². The van der Waals surface area contributed by atoms with E-state index in [0.717, 1.165) is 19.3 Å². The van der Waals surface area contributed by atoms with Crippen molar-refractivity contribution in [2.24, 2.45) is 5.92 Å². The van der Waals surface area contributed by atoms with Crippen molar-refractivity contribution in [3.63, 3.8) is 0 Å². The van der Waals surface area contributed by atoms with Gasteiger partial charge < -0.3 is 10.1 Å². The van der Waals surface area contributed by atoms with Crippen molar-refractivity contribution in [2.45, 2.75) is 19.3 Å². The molecule has 0 radical (unpaired) electrons. The number of nitrogens with one attached hydrogen (secondary N) is 1. The molecule has 0 aliphatic heterocycles. The summed E-state index contributed by atoms with van der Waals surface area (Å²) in [6.45, 7) is -0.328. The monoisotopic (exact) mass is 251 g/mol. The van der Waals surface area contributed by atoms with Gasteiger partial charge in [0.25, 0.3) is 5.91 Å². The second-order valence-electron chi connectivity index (χ2n) is 4.29. The third kappa shape index (κ3) is 3.29. The maximum Gasteiger partial charge on any atom is 0.309 e. The molecule has 0 atom stereocenters. The Morgan fingerprint density at radius 2 is 2.17 bits per heavy atom. The van der Waals surface area contributed by atoms with Crippen molar-refractivity contribution in [3.05, 3.63) is 30.1 Å². The molecule has 1 aliphatic carbocycles. The standard InChI is InChI=1S/C13H14FNO3/c14-10-5-2-6-11(7-10)15-12(16)8-18-13(17)9-3-1-4-9/h2,5-7,9H,1,3-4,8H2,(H,15,16). The summed E-state index contributed by atoms with van der Waals surface area (Å²) in [5.41, 5.74) is 0.347. The summed E-state index contributed by atoms with van der Waals surface area (Å²) in [5.74, 6) is -1.27. The Labute approximate surface area is 104 Å². The topological polar surface area (TPSA) is 55.4 Å². The van der Waals surface area contributed by atoms with Crippen LogP contribution in [0.1, 0.15) is 19.3 Å². The molecule has 2 rings (SSSR count). The largest absolute Gasteiger partial charge is 0.455 e. The van der Waals surface area contributed by atoms with Crippen LogP contribution in [0, 0.1) is 11.7 Å². The molecule has 1 fully saturated rings. The number of esters is 1. The molecule has 96 valence electrons. The minimum absolute atomic E-state index is 0.0491. The Bertz CT molecular complexity index is 457. The van der Waals surface area contributed by atoms with Gasteiger partial charge in [0.2, 0.25) is 0 Å². The lowest BCUT2D eigenvalue weighted by molar-refractivity contribution is -0.154. The molecule has 5 heteroatoms. The third-order valence-corrected chi connectivity index (χ3v) is 2.89. The number of carbonyl (C=O) groups excluding carboxylic acids is 2. The lowest BCUT2D eigenvalue weighted by Crippen LogP contribution is -2.28. The molecule has 0 bridgehead atoms. The molecule has 0 aromatic heterocycles. The van der Waals surface area contributed by atoms with Crippen LogP contribution in [0.5, 0.6) is 0 Å². The van der Waals surface area contributed by atoms with E-state index in [9.17, 15) is 14.0 Å². The van der Waals surface area contributed by atoms with Crippen LogP contribution < -0.4 is 5.32 Å². The van der Waals surface area contributed by atoms with Crippen LogP contribution in [-0.4, -0.2) is 18.5 Å². The second kappa shape index (κ2) is 5.62. The van der Waals surface area contributed by atoms with Gasteiger partial charge in [0.1, 0.15) is 5.82 Å². The van der Waals surface area contributed by atoms with Crippen molar-refractivity contribution in [2.75, 3.05) is 11.9 Å². The number of carbonyl (C=O) groups is 2. The quantitative estimate of drug-likeness (QED) is 0.834. The van der Waals surface area contributed by atoms with Crippen LogP contribution in [0.15, 0.2) is 24.3 Å². The van der Waals surface area contributed by atoms with Crippen LogP contribution in [0.2, 0.25) is 0 Å². The molecular formula is C13H14FNO3. The van der Waals surface area contributed by atoms with E-state index in [1.54, 1.807) is 6.07 Å². The molecular weight excluding hydrogens is 237 g/mol. The van der Waals surface area contributed by atoms with Crippen LogP contribution in [0.4, 0.5) is 10.1 Å². The van der Waals surface area contributed by atoms with Crippen LogP contribution in [-0.2, 0) is 14.3 Å². The molecule has 1 amide bonds. The van der Waals surface area contributed by atoms with Crippen LogP contribution in [0.25, 0.3) is 0 Å². The zero-order valence-corrected chi connectivity index (χ0v) is 9.82. The first-order chi connectivity index (χ1) is 8.65. The number of halogens is 1. The van der Waals surface area contributed by atoms with Gasteiger partial charge in [0, 0.05) is 5.69 Å². The summed E-state index contributed by atoms with van der Waals surface area (Å²) in [6, 6.07) is 5.54. The fourth-order valence-corrected chi connectivity index (χ4v) is 1.66. The third-order valence-electron chi connectivity index (χ3n) is 2.89. The highest BCUT2D eigenvalue weighted by molar-refractivity contribution is 5.92. The van der Waals surface area contributed by atoms with Crippen molar-refractivity contribution in [3.8, 4) is 0 Å². The van der Waals surface area contributed by atoms with E-state index >= 15 is 0 Å². The van der Waals surface area contributed by atoms with Crippen LogP contribution >= 0.6 is 0 Å². The number of hydrogen-bond acceptors (Lipinski definition) is 3. The minimum Gasteiger partial charge on any atom is -0.455 e. The van der Waals surface area contributed by atoms with E-state index < -0.39 is 11.7 Å². The molecule has 0 saturated heterocycles. The van der Waals surface area contributed by atoms with E-state index in [-0.39, 0.29) is 18.5 Å². The summed E-state index contributed by atoms with van der Waals surface area (Å²) in [4.78, 5) is 22.8. The highest BCUT2D eigenvalue weighted by Crippen LogP contribution is 2.27. The predicted molar refractivity (Wildman–Crippen MR) is 63.3 cm³/mol. The van der Waals surface area contributed by atoms with E-state index in [1.165, 1.54) is 18.2 Å². The fourth-order valence-electron chi connectivity index (χ4n) is 1.66. The van der Waals surface area contributed by atoms with Crippen molar-refractivity contribution in [1.29, 1.82) is 0 Å². The number of benzene rings is 1. The lowest BCUT2D eigenvalue weighted by Gasteiger charge is -2.22. The molecule has 1 saturated carbocycles. The van der Waals surface area contributed by atoms with Crippen molar-refractivity contribution in [1.82, 2.24) is 0 Å². The second-order valence-corrected chi connectivity index (χ2v) is 4.29. The first kappa shape index (κ1) is 12.5. The zero-order valence-electron chi connectivity index (χ0n) is 9.82. The number of ether oxygens (including phenoxy) is 1. The molecule has 1 aromatic rings. The van der Waals surface area contributed by atoms with Gasteiger partial charge in [0.05, 0.1) is 5.92 Å². The molecule has 18 heavy (non-hydrogen) atoms. The molecule has 0 unspecified atom stereocenters. The maximum atomic E-state index is 12.9. The summed E-state index contributed by atoms with van der Waals surface area (Å²) in [7, 11) is 0. The maximum absolute atomic E-state index is 12.9. The average Bonchev–Trinajstić information content (AvgIpc) is 2.24. The summed E-state index contributed by atoms with van der Waals surface area (Å²) >= 11 is 0. The van der Waals surface area contributed by atoms with Gasteiger partial charge in [-0.25, -0.2) is 4.39 Å². The van der Waals surface area contributed by atoms with Gasteiger partial charge in [-0.05, 0) is 31.0 Å². The number of hydrogen-bond donors (Lipinski definition) is 1. The molecule has 1 aromatic carbocycles. The lowest BCUT2D eigenvalue weighted by atomic mass is 9.86. The Hall–Kier alpha value is -1.91. The Morgan fingerprint density at radius 1 is 1.39 bits per heavy atom. The molecule has 1 N–H and O–H groups in total. The van der Waals surface area contributed by atoms with Crippen LogP contribution in [0.3, 0.4) is 0 Å². The highest BCUT2D eigenvalue weighted by Gasteiger charge is 2.27. The van der Waals surface area contributed by atoms with E-state index in [0.29, 0.717) is 5.69 Å². The number of anilines is 1. The average molecular weight is 251 g/mol. The number of rotatable bonds is 4. The normalized spacial score (nSPS) is 14.7. The van der Waals surface area contributed by atoms with E-state index in [4.69, 9.17) is 4.74 Å². The SMILES string of the molecule is O=C(COC(=O)C1CCC1)Nc1cccc(F)c1. The summed E-state index contributed by atoms with van der Waals surface area (Å²) in [5, 5.41) is 2.46.